The summed E-state index contributed by atoms with van der Waals surface area (Å²) in [6.07, 6.45) is 0. The number of carbonyl (C=O) groups is 2. The number of primary amides is 1. The number of benzene rings is 2. The van der Waals surface area contributed by atoms with Crippen LogP contribution < -0.4 is 5.73 Å². The average molecular weight is 319 g/mol. The molecule has 0 radical (unpaired) electrons. The Labute approximate surface area is 139 Å². The number of nitrogens with zero attached hydrogens (tertiary/aromatic N) is 2. The maximum Gasteiger partial charge on any atom is 0.273 e. The van der Waals surface area contributed by atoms with Gasteiger partial charge in [0.2, 0.25) is 5.91 Å². The van der Waals surface area contributed by atoms with E-state index in [1.54, 1.807) is 6.07 Å². The van der Waals surface area contributed by atoms with Crippen molar-refractivity contribution < 1.29 is 9.59 Å². The number of amides is 2. The van der Waals surface area contributed by atoms with Crippen LogP contribution in [-0.4, -0.2) is 28.2 Å². The molecular weight excluding hydrogens is 302 g/mol. The van der Waals surface area contributed by atoms with E-state index in [1.807, 2.05) is 60.7 Å². The van der Waals surface area contributed by atoms with Crippen LogP contribution in [-0.2, 0) is 11.3 Å². The normalized spacial score (nSPS) is 10.5. The monoisotopic (exact) mass is 319 g/mol. The molecule has 0 saturated carbocycles. The lowest BCUT2D eigenvalue weighted by atomic mass is 10.1. The molecule has 0 aliphatic rings. The average Bonchev–Trinajstić information content (AvgIpc) is 2.60. The van der Waals surface area contributed by atoms with E-state index in [2.05, 4.69) is 4.98 Å². The van der Waals surface area contributed by atoms with E-state index in [9.17, 15) is 9.59 Å². The Morgan fingerprint density at radius 3 is 2.38 bits per heavy atom. The smallest absolute Gasteiger partial charge is 0.273 e. The Morgan fingerprint density at radius 2 is 1.62 bits per heavy atom. The summed E-state index contributed by atoms with van der Waals surface area (Å²) in [5.41, 5.74) is 7.26. The maximum absolute atomic E-state index is 12.8. The molecule has 120 valence electrons. The minimum Gasteiger partial charge on any atom is -0.368 e. The van der Waals surface area contributed by atoms with Gasteiger partial charge in [0.05, 0.1) is 5.52 Å². The second-order valence-corrected chi connectivity index (χ2v) is 5.50. The largest absolute Gasteiger partial charge is 0.368 e. The molecule has 3 aromatic rings. The topological polar surface area (TPSA) is 76.3 Å². The van der Waals surface area contributed by atoms with E-state index in [1.165, 1.54) is 4.90 Å². The lowest BCUT2D eigenvalue weighted by molar-refractivity contribution is -0.118. The SMILES string of the molecule is NC(=O)CN(Cc1ccccc1)C(=O)c1ccc2ccccc2n1. The van der Waals surface area contributed by atoms with E-state index >= 15 is 0 Å². The van der Waals surface area contributed by atoms with Crippen molar-refractivity contribution in [3.05, 3.63) is 78.0 Å². The third kappa shape index (κ3) is 3.57. The second kappa shape index (κ2) is 6.91. The summed E-state index contributed by atoms with van der Waals surface area (Å²) >= 11 is 0. The highest BCUT2D eigenvalue weighted by atomic mass is 16.2. The van der Waals surface area contributed by atoms with Crippen LogP contribution in [0, 0.1) is 0 Å². The van der Waals surface area contributed by atoms with Crippen LogP contribution in [0.2, 0.25) is 0 Å². The molecule has 2 N–H and O–H groups in total. The predicted octanol–water partition coefficient (Wildman–Crippen LogP) is 2.36. The van der Waals surface area contributed by atoms with Gasteiger partial charge in [0.25, 0.3) is 5.91 Å². The second-order valence-electron chi connectivity index (χ2n) is 5.50. The lowest BCUT2D eigenvalue weighted by Crippen LogP contribution is -2.38. The van der Waals surface area contributed by atoms with Crippen molar-refractivity contribution >= 4 is 22.7 Å². The van der Waals surface area contributed by atoms with Crippen molar-refractivity contribution in [3.63, 3.8) is 0 Å². The zero-order chi connectivity index (χ0) is 16.9. The molecule has 24 heavy (non-hydrogen) atoms. The van der Waals surface area contributed by atoms with Gasteiger partial charge in [0.1, 0.15) is 12.2 Å². The first-order valence-corrected chi connectivity index (χ1v) is 7.61. The Bertz CT molecular complexity index is 878. The van der Waals surface area contributed by atoms with E-state index in [0.717, 1.165) is 16.5 Å². The van der Waals surface area contributed by atoms with Crippen LogP contribution in [0.3, 0.4) is 0 Å². The molecular formula is C19H17N3O2. The standard InChI is InChI=1S/C19H17N3O2/c20-18(23)13-22(12-14-6-2-1-3-7-14)19(24)17-11-10-15-8-4-5-9-16(15)21-17/h1-11H,12-13H2,(H2,20,23). The molecule has 0 aliphatic carbocycles. The number of para-hydroxylation sites is 1. The Balaban J connectivity index is 1.90. The number of hydrogen-bond acceptors (Lipinski definition) is 3. The van der Waals surface area contributed by atoms with Crippen LogP contribution in [0.25, 0.3) is 10.9 Å². The van der Waals surface area contributed by atoms with Gasteiger partial charge in [-0.15, -0.1) is 0 Å². The van der Waals surface area contributed by atoms with Gasteiger partial charge in [-0.05, 0) is 17.7 Å². The van der Waals surface area contributed by atoms with Crippen LogP contribution in [0.4, 0.5) is 0 Å². The maximum atomic E-state index is 12.8. The van der Waals surface area contributed by atoms with E-state index < -0.39 is 5.91 Å². The summed E-state index contributed by atoms with van der Waals surface area (Å²) in [5, 5.41) is 0.957. The van der Waals surface area contributed by atoms with E-state index in [4.69, 9.17) is 5.73 Å². The highest BCUT2D eigenvalue weighted by Gasteiger charge is 2.19. The minimum atomic E-state index is -0.555. The van der Waals surface area contributed by atoms with Gasteiger partial charge in [-0.3, -0.25) is 9.59 Å². The first kappa shape index (κ1) is 15.7. The number of pyridine rings is 1. The molecule has 0 aliphatic heterocycles. The van der Waals surface area contributed by atoms with E-state index in [0.29, 0.717) is 12.2 Å². The Kier molecular flexibility index (Phi) is 4.52. The summed E-state index contributed by atoms with van der Waals surface area (Å²) in [5.74, 6) is -0.872. The van der Waals surface area contributed by atoms with Crippen molar-refractivity contribution in [2.24, 2.45) is 5.73 Å². The highest BCUT2D eigenvalue weighted by molar-refractivity contribution is 5.96. The molecule has 0 atom stereocenters. The van der Waals surface area contributed by atoms with Crippen molar-refractivity contribution in [2.75, 3.05) is 6.54 Å². The molecule has 5 heteroatoms. The summed E-state index contributed by atoms with van der Waals surface area (Å²) in [6.45, 7) is 0.152. The highest BCUT2D eigenvalue weighted by Crippen LogP contribution is 2.14. The number of fused-ring (bicyclic) bond motifs is 1. The van der Waals surface area contributed by atoms with Gasteiger partial charge in [-0.1, -0.05) is 54.6 Å². The zero-order valence-corrected chi connectivity index (χ0v) is 13.1. The Hall–Kier alpha value is -3.21. The number of nitrogens with two attached hydrogens (primary N) is 1. The molecule has 3 rings (SSSR count). The fourth-order valence-corrected chi connectivity index (χ4v) is 2.54. The van der Waals surface area contributed by atoms with Crippen molar-refractivity contribution in [3.8, 4) is 0 Å². The predicted molar refractivity (Wildman–Crippen MR) is 92.1 cm³/mol. The van der Waals surface area contributed by atoms with Crippen molar-refractivity contribution in [1.82, 2.24) is 9.88 Å². The van der Waals surface area contributed by atoms with Gasteiger partial charge >= 0.3 is 0 Å². The summed E-state index contributed by atoms with van der Waals surface area (Å²) in [4.78, 5) is 30.0. The molecule has 1 heterocycles. The number of aromatic nitrogens is 1. The van der Waals surface area contributed by atoms with Crippen molar-refractivity contribution in [1.29, 1.82) is 0 Å². The first-order chi connectivity index (χ1) is 11.6. The molecule has 0 saturated heterocycles. The van der Waals surface area contributed by atoms with Gasteiger partial charge in [0, 0.05) is 11.9 Å². The molecule has 5 nitrogen and oxygen atoms in total. The lowest BCUT2D eigenvalue weighted by Gasteiger charge is -2.21. The number of hydrogen-bond donors (Lipinski definition) is 1. The molecule has 0 spiro atoms. The van der Waals surface area contributed by atoms with Gasteiger partial charge in [-0.25, -0.2) is 4.98 Å². The fraction of sp³-hybridized carbons (Fsp3) is 0.105. The molecule has 1 aromatic heterocycles. The van der Waals surface area contributed by atoms with Crippen LogP contribution >= 0.6 is 0 Å². The van der Waals surface area contributed by atoms with Crippen LogP contribution in [0.1, 0.15) is 16.1 Å². The molecule has 0 unspecified atom stereocenters. The van der Waals surface area contributed by atoms with E-state index in [-0.39, 0.29) is 12.5 Å². The third-order valence-electron chi connectivity index (χ3n) is 3.67. The zero-order valence-electron chi connectivity index (χ0n) is 13.1. The van der Waals surface area contributed by atoms with Crippen LogP contribution in [0.15, 0.2) is 66.7 Å². The first-order valence-electron chi connectivity index (χ1n) is 7.61. The van der Waals surface area contributed by atoms with Gasteiger partial charge < -0.3 is 10.6 Å². The number of carbonyl (C=O) groups excluding carboxylic acids is 2. The summed E-state index contributed by atoms with van der Waals surface area (Å²) in [7, 11) is 0. The Morgan fingerprint density at radius 1 is 0.917 bits per heavy atom. The molecule has 0 fully saturated rings. The quantitative estimate of drug-likeness (QED) is 0.784. The minimum absolute atomic E-state index is 0.151. The van der Waals surface area contributed by atoms with Gasteiger partial charge in [0.15, 0.2) is 0 Å². The summed E-state index contributed by atoms with van der Waals surface area (Å²) < 4.78 is 0. The van der Waals surface area contributed by atoms with Gasteiger partial charge in [-0.2, -0.15) is 0 Å². The fourth-order valence-electron chi connectivity index (χ4n) is 2.54. The third-order valence-corrected chi connectivity index (χ3v) is 3.67. The summed E-state index contributed by atoms with van der Waals surface area (Å²) in [6, 6.07) is 20.6. The van der Waals surface area contributed by atoms with Crippen LogP contribution in [0.5, 0.6) is 0 Å². The molecule has 0 bridgehead atoms. The number of rotatable bonds is 5. The van der Waals surface area contributed by atoms with Crippen molar-refractivity contribution in [2.45, 2.75) is 6.54 Å². The molecule has 2 aromatic carbocycles. The molecule has 2 amide bonds.